The van der Waals surface area contributed by atoms with Crippen molar-refractivity contribution in [2.45, 2.75) is 38.0 Å². The third-order valence-corrected chi connectivity index (χ3v) is 3.87. The highest BCUT2D eigenvalue weighted by atomic mass is 35.5. The lowest BCUT2D eigenvalue weighted by molar-refractivity contribution is 0.438. The van der Waals surface area contributed by atoms with E-state index >= 15 is 0 Å². The maximum Gasteiger partial charge on any atom is 0.138 e. The van der Waals surface area contributed by atoms with Gasteiger partial charge in [0.25, 0.3) is 0 Å². The number of rotatable bonds is 1. The van der Waals surface area contributed by atoms with Crippen LogP contribution in [-0.2, 0) is 0 Å². The van der Waals surface area contributed by atoms with Crippen molar-refractivity contribution >= 4 is 22.6 Å². The molecule has 0 saturated heterocycles. The molecule has 0 bridgehead atoms. The molecule has 3 heteroatoms. The number of H-pyrrole nitrogens is 1. The van der Waals surface area contributed by atoms with Crippen LogP contribution in [0.5, 0.6) is 0 Å². The lowest BCUT2D eigenvalue weighted by Gasteiger charge is -2.20. The lowest BCUT2D eigenvalue weighted by Crippen LogP contribution is -2.04. The Bertz CT molecular complexity index is 498. The fourth-order valence-corrected chi connectivity index (χ4v) is 2.85. The molecular formula is C13H15ClN2. The van der Waals surface area contributed by atoms with Gasteiger partial charge >= 0.3 is 0 Å². The number of nitrogens with zero attached hydrogens (tertiary/aromatic N) is 1. The average Bonchev–Trinajstić information content (AvgIpc) is 2.76. The zero-order chi connectivity index (χ0) is 11.0. The molecule has 0 atom stereocenters. The Morgan fingerprint density at radius 2 is 2.06 bits per heavy atom. The summed E-state index contributed by atoms with van der Waals surface area (Å²) in [7, 11) is 0. The Morgan fingerprint density at radius 3 is 2.81 bits per heavy atom. The molecule has 2 heterocycles. The van der Waals surface area contributed by atoms with Crippen molar-refractivity contribution in [1.29, 1.82) is 0 Å². The van der Waals surface area contributed by atoms with E-state index in [9.17, 15) is 0 Å². The Balaban J connectivity index is 2.01. The van der Waals surface area contributed by atoms with E-state index < -0.39 is 0 Å². The fourth-order valence-electron chi connectivity index (χ4n) is 2.65. The van der Waals surface area contributed by atoms with Crippen LogP contribution in [0.25, 0.3) is 11.0 Å². The van der Waals surface area contributed by atoms with E-state index in [4.69, 9.17) is 11.6 Å². The Kier molecular flexibility index (Phi) is 2.60. The summed E-state index contributed by atoms with van der Waals surface area (Å²) in [5.74, 6) is 0.680. The molecule has 0 unspecified atom stereocenters. The average molecular weight is 235 g/mol. The van der Waals surface area contributed by atoms with Crippen molar-refractivity contribution in [3.05, 3.63) is 29.0 Å². The first-order valence-corrected chi connectivity index (χ1v) is 6.35. The molecule has 84 valence electrons. The maximum absolute atomic E-state index is 6.15. The van der Waals surface area contributed by atoms with Gasteiger partial charge in [-0.05, 0) is 30.9 Å². The van der Waals surface area contributed by atoms with Crippen molar-refractivity contribution in [3.63, 3.8) is 0 Å². The second kappa shape index (κ2) is 4.10. The topological polar surface area (TPSA) is 28.7 Å². The molecule has 1 N–H and O–H groups in total. The maximum atomic E-state index is 6.15. The van der Waals surface area contributed by atoms with Gasteiger partial charge in [-0.2, -0.15) is 0 Å². The van der Waals surface area contributed by atoms with Gasteiger partial charge in [-0.15, -0.1) is 0 Å². The number of hydrogen-bond acceptors (Lipinski definition) is 1. The van der Waals surface area contributed by atoms with E-state index in [1.54, 1.807) is 6.20 Å². The standard InChI is InChI=1S/C13H15ClN2/c14-11-6-7-15-13-10(11)8-12(16-13)9-4-2-1-3-5-9/h6-9H,1-5H2,(H,15,16). The molecule has 1 fully saturated rings. The third-order valence-electron chi connectivity index (χ3n) is 3.54. The Labute approximate surface area is 100 Å². The van der Waals surface area contributed by atoms with E-state index in [0.29, 0.717) is 5.92 Å². The minimum Gasteiger partial charge on any atom is -0.343 e. The molecule has 0 amide bonds. The number of hydrogen-bond donors (Lipinski definition) is 1. The molecule has 2 aromatic heterocycles. The summed E-state index contributed by atoms with van der Waals surface area (Å²) in [4.78, 5) is 7.73. The van der Waals surface area contributed by atoms with E-state index in [1.807, 2.05) is 6.07 Å². The second-order valence-electron chi connectivity index (χ2n) is 4.61. The minimum atomic E-state index is 0.680. The van der Waals surface area contributed by atoms with Gasteiger partial charge in [-0.3, -0.25) is 0 Å². The SMILES string of the molecule is Clc1ccnc2[nH]c(C3CCCCC3)cc12. The quantitative estimate of drug-likeness (QED) is 0.785. The van der Waals surface area contributed by atoms with Gasteiger partial charge in [-0.25, -0.2) is 4.98 Å². The highest BCUT2D eigenvalue weighted by Crippen LogP contribution is 2.34. The van der Waals surface area contributed by atoms with Crippen LogP contribution < -0.4 is 0 Å². The molecule has 0 radical (unpaired) electrons. The largest absolute Gasteiger partial charge is 0.343 e. The van der Waals surface area contributed by atoms with Crippen LogP contribution in [0.3, 0.4) is 0 Å². The summed E-state index contributed by atoms with van der Waals surface area (Å²) in [6.45, 7) is 0. The van der Waals surface area contributed by atoms with Crippen LogP contribution in [0.2, 0.25) is 5.02 Å². The van der Waals surface area contributed by atoms with Crippen molar-refractivity contribution in [1.82, 2.24) is 9.97 Å². The first-order valence-electron chi connectivity index (χ1n) is 5.98. The summed E-state index contributed by atoms with van der Waals surface area (Å²) >= 11 is 6.15. The Morgan fingerprint density at radius 1 is 1.25 bits per heavy atom. The van der Waals surface area contributed by atoms with Crippen LogP contribution in [0.1, 0.15) is 43.7 Å². The third kappa shape index (κ3) is 1.71. The molecule has 0 spiro atoms. The highest BCUT2D eigenvalue weighted by molar-refractivity contribution is 6.35. The molecule has 2 aromatic rings. The molecule has 0 aromatic carbocycles. The van der Waals surface area contributed by atoms with Crippen LogP contribution in [0.15, 0.2) is 18.3 Å². The van der Waals surface area contributed by atoms with Gasteiger partial charge in [0, 0.05) is 17.3 Å². The first-order chi connectivity index (χ1) is 7.84. The van der Waals surface area contributed by atoms with Gasteiger partial charge in [0.05, 0.1) is 5.02 Å². The number of pyridine rings is 1. The van der Waals surface area contributed by atoms with Crippen molar-refractivity contribution in [2.75, 3.05) is 0 Å². The molecule has 1 aliphatic carbocycles. The molecular weight excluding hydrogens is 220 g/mol. The summed E-state index contributed by atoms with van der Waals surface area (Å²) < 4.78 is 0. The zero-order valence-corrected chi connectivity index (χ0v) is 9.93. The van der Waals surface area contributed by atoms with Gasteiger partial charge in [-0.1, -0.05) is 30.9 Å². The van der Waals surface area contributed by atoms with E-state index in [-0.39, 0.29) is 0 Å². The van der Waals surface area contributed by atoms with Crippen LogP contribution in [0.4, 0.5) is 0 Å². The lowest BCUT2D eigenvalue weighted by atomic mass is 9.87. The predicted octanol–water partition coefficient (Wildman–Crippen LogP) is 4.26. The van der Waals surface area contributed by atoms with Crippen molar-refractivity contribution in [3.8, 4) is 0 Å². The first kappa shape index (κ1) is 10.2. The van der Waals surface area contributed by atoms with Gasteiger partial charge in [0.1, 0.15) is 5.65 Å². The van der Waals surface area contributed by atoms with Gasteiger partial charge in [0.2, 0.25) is 0 Å². The van der Waals surface area contributed by atoms with E-state index in [2.05, 4.69) is 16.0 Å². The number of aromatic nitrogens is 2. The fraction of sp³-hybridized carbons (Fsp3) is 0.462. The number of nitrogens with one attached hydrogen (secondary N) is 1. The van der Waals surface area contributed by atoms with Gasteiger partial charge < -0.3 is 4.98 Å². The van der Waals surface area contributed by atoms with Crippen LogP contribution in [-0.4, -0.2) is 9.97 Å². The summed E-state index contributed by atoms with van der Waals surface area (Å²) in [5, 5.41) is 1.85. The van der Waals surface area contributed by atoms with Crippen LogP contribution in [0, 0.1) is 0 Å². The molecule has 2 nitrogen and oxygen atoms in total. The van der Waals surface area contributed by atoms with E-state index in [1.165, 1.54) is 37.8 Å². The predicted molar refractivity (Wildman–Crippen MR) is 66.9 cm³/mol. The molecule has 1 aliphatic rings. The monoisotopic (exact) mass is 234 g/mol. The number of fused-ring (bicyclic) bond motifs is 1. The smallest absolute Gasteiger partial charge is 0.138 e. The van der Waals surface area contributed by atoms with Gasteiger partial charge in [0.15, 0.2) is 0 Å². The highest BCUT2D eigenvalue weighted by Gasteiger charge is 2.18. The molecule has 1 saturated carbocycles. The van der Waals surface area contributed by atoms with E-state index in [0.717, 1.165) is 16.1 Å². The minimum absolute atomic E-state index is 0.680. The number of halogens is 1. The number of aromatic amines is 1. The zero-order valence-electron chi connectivity index (χ0n) is 9.17. The normalized spacial score (nSPS) is 18.1. The summed E-state index contributed by atoms with van der Waals surface area (Å²) in [6, 6.07) is 4.03. The van der Waals surface area contributed by atoms with Crippen LogP contribution >= 0.6 is 11.6 Å². The summed E-state index contributed by atoms with van der Waals surface area (Å²) in [5.41, 5.74) is 2.24. The summed E-state index contributed by atoms with van der Waals surface area (Å²) in [6.07, 6.45) is 8.43. The molecule has 0 aliphatic heterocycles. The second-order valence-corrected chi connectivity index (χ2v) is 5.02. The Hall–Kier alpha value is -1.02. The molecule has 3 rings (SSSR count). The molecule has 16 heavy (non-hydrogen) atoms. The van der Waals surface area contributed by atoms with Crippen molar-refractivity contribution in [2.24, 2.45) is 0 Å². The van der Waals surface area contributed by atoms with Crippen molar-refractivity contribution < 1.29 is 0 Å².